The SMILES string of the molecule is CCCc1cc(CO)cc(N2CCc3ccccc32)n1. The number of para-hydroxylation sites is 1. The van der Waals surface area contributed by atoms with Crippen molar-refractivity contribution in [2.24, 2.45) is 0 Å². The topological polar surface area (TPSA) is 36.4 Å². The van der Waals surface area contributed by atoms with Crippen LogP contribution in [0.4, 0.5) is 11.5 Å². The van der Waals surface area contributed by atoms with Gasteiger partial charge in [-0.1, -0.05) is 31.5 Å². The summed E-state index contributed by atoms with van der Waals surface area (Å²) in [6.07, 6.45) is 3.08. The third-order valence-corrected chi connectivity index (χ3v) is 3.78. The average molecular weight is 268 g/mol. The Morgan fingerprint density at radius 2 is 2.10 bits per heavy atom. The molecule has 2 aromatic rings. The van der Waals surface area contributed by atoms with Crippen molar-refractivity contribution in [2.45, 2.75) is 32.8 Å². The molecule has 2 heterocycles. The standard InChI is InChI=1S/C17H20N2O/c1-2-5-15-10-13(12-20)11-17(18-15)19-9-8-14-6-3-4-7-16(14)19/h3-4,6-7,10-11,20H,2,5,8-9,12H2,1H3. The molecule has 1 aromatic heterocycles. The Morgan fingerprint density at radius 1 is 1.25 bits per heavy atom. The molecule has 3 heteroatoms. The number of fused-ring (bicyclic) bond motifs is 1. The molecule has 0 fully saturated rings. The van der Waals surface area contributed by atoms with Gasteiger partial charge in [0.2, 0.25) is 0 Å². The van der Waals surface area contributed by atoms with Crippen LogP contribution in [-0.4, -0.2) is 16.6 Å². The molecule has 0 saturated carbocycles. The monoisotopic (exact) mass is 268 g/mol. The molecular weight excluding hydrogens is 248 g/mol. The van der Waals surface area contributed by atoms with Gasteiger partial charge in [-0.2, -0.15) is 0 Å². The van der Waals surface area contributed by atoms with Crippen LogP contribution in [-0.2, 0) is 19.4 Å². The lowest BCUT2D eigenvalue weighted by atomic mass is 10.1. The van der Waals surface area contributed by atoms with Gasteiger partial charge in [-0.15, -0.1) is 0 Å². The predicted octanol–water partition coefficient (Wildman–Crippen LogP) is 3.22. The number of hydrogen-bond donors (Lipinski definition) is 1. The number of rotatable bonds is 4. The largest absolute Gasteiger partial charge is 0.392 e. The number of aliphatic hydroxyl groups excluding tert-OH is 1. The number of hydrogen-bond acceptors (Lipinski definition) is 3. The molecule has 0 aliphatic carbocycles. The van der Waals surface area contributed by atoms with Gasteiger partial charge in [0.25, 0.3) is 0 Å². The van der Waals surface area contributed by atoms with E-state index >= 15 is 0 Å². The summed E-state index contributed by atoms with van der Waals surface area (Å²) in [4.78, 5) is 7.02. The maximum Gasteiger partial charge on any atom is 0.133 e. The normalized spacial score (nSPS) is 13.6. The van der Waals surface area contributed by atoms with Gasteiger partial charge in [-0.25, -0.2) is 4.98 Å². The van der Waals surface area contributed by atoms with E-state index in [0.29, 0.717) is 0 Å². The van der Waals surface area contributed by atoms with Crippen molar-refractivity contribution >= 4 is 11.5 Å². The third-order valence-electron chi connectivity index (χ3n) is 3.78. The van der Waals surface area contributed by atoms with Crippen LogP contribution in [0.15, 0.2) is 36.4 Å². The highest BCUT2D eigenvalue weighted by molar-refractivity contribution is 5.67. The second-order valence-corrected chi connectivity index (χ2v) is 5.26. The molecule has 0 atom stereocenters. The lowest BCUT2D eigenvalue weighted by molar-refractivity contribution is 0.281. The molecule has 1 aromatic carbocycles. The summed E-state index contributed by atoms with van der Waals surface area (Å²) in [5, 5.41) is 9.45. The van der Waals surface area contributed by atoms with Crippen LogP contribution in [0.1, 0.15) is 30.2 Å². The molecule has 1 aliphatic heterocycles. The van der Waals surface area contributed by atoms with Gasteiger partial charge in [-0.05, 0) is 42.2 Å². The summed E-state index contributed by atoms with van der Waals surface area (Å²) < 4.78 is 0. The summed E-state index contributed by atoms with van der Waals surface area (Å²) in [5.74, 6) is 0.963. The van der Waals surface area contributed by atoms with E-state index in [-0.39, 0.29) is 6.61 Å². The molecule has 0 radical (unpaired) electrons. The minimum absolute atomic E-state index is 0.0712. The molecular formula is C17H20N2O. The van der Waals surface area contributed by atoms with Crippen molar-refractivity contribution in [1.82, 2.24) is 4.98 Å². The van der Waals surface area contributed by atoms with Crippen LogP contribution in [0, 0.1) is 0 Å². The number of aryl methyl sites for hydroxylation is 1. The van der Waals surface area contributed by atoms with E-state index in [0.717, 1.165) is 42.9 Å². The van der Waals surface area contributed by atoms with Crippen molar-refractivity contribution in [2.75, 3.05) is 11.4 Å². The first-order valence-corrected chi connectivity index (χ1v) is 7.28. The Balaban J connectivity index is 2.00. The zero-order chi connectivity index (χ0) is 13.9. The maximum atomic E-state index is 9.45. The Morgan fingerprint density at radius 3 is 2.90 bits per heavy atom. The fourth-order valence-corrected chi connectivity index (χ4v) is 2.82. The van der Waals surface area contributed by atoms with Crippen molar-refractivity contribution in [3.63, 3.8) is 0 Å². The fraction of sp³-hybridized carbons (Fsp3) is 0.353. The molecule has 0 unspecified atom stereocenters. The molecule has 104 valence electrons. The van der Waals surface area contributed by atoms with E-state index in [4.69, 9.17) is 4.98 Å². The quantitative estimate of drug-likeness (QED) is 0.925. The van der Waals surface area contributed by atoms with Gasteiger partial charge < -0.3 is 10.0 Å². The van der Waals surface area contributed by atoms with Crippen molar-refractivity contribution in [3.8, 4) is 0 Å². The number of aliphatic hydroxyl groups is 1. The Kier molecular flexibility index (Phi) is 3.70. The van der Waals surface area contributed by atoms with Crippen LogP contribution >= 0.6 is 0 Å². The van der Waals surface area contributed by atoms with Crippen molar-refractivity contribution in [1.29, 1.82) is 0 Å². The van der Waals surface area contributed by atoms with Gasteiger partial charge in [0, 0.05) is 17.9 Å². The molecule has 0 bridgehead atoms. The Labute approximate surface area is 119 Å². The average Bonchev–Trinajstić information content (AvgIpc) is 2.91. The first-order chi connectivity index (χ1) is 9.81. The second kappa shape index (κ2) is 5.63. The summed E-state index contributed by atoms with van der Waals surface area (Å²) in [6.45, 7) is 3.19. The fourth-order valence-electron chi connectivity index (χ4n) is 2.82. The minimum Gasteiger partial charge on any atom is -0.392 e. The van der Waals surface area contributed by atoms with E-state index < -0.39 is 0 Å². The van der Waals surface area contributed by atoms with Crippen LogP contribution in [0.2, 0.25) is 0 Å². The number of anilines is 2. The van der Waals surface area contributed by atoms with Crippen molar-refractivity contribution < 1.29 is 5.11 Å². The molecule has 0 saturated heterocycles. The molecule has 0 amide bonds. The highest BCUT2D eigenvalue weighted by atomic mass is 16.3. The number of benzene rings is 1. The molecule has 0 spiro atoms. The first kappa shape index (κ1) is 13.1. The molecule has 3 rings (SSSR count). The highest BCUT2D eigenvalue weighted by Crippen LogP contribution is 2.33. The molecule has 20 heavy (non-hydrogen) atoms. The lowest BCUT2D eigenvalue weighted by Crippen LogP contribution is -2.16. The summed E-state index contributed by atoms with van der Waals surface area (Å²) >= 11 is 0. The molecule has 1 aliphatic rings. The van der Waals surface area contributed by atoms with Crippen LogP contribution in [0.25, 0.3) is 0 Å². The van der Waals surface area contributed by atoms with Gasteiger partial charge in [0.15, 0.2) is 0 Å². The molecule has 1 N–H and O–H groups in total. The first-order valence-electron chi connectivity index (χ1n) is 7.28. The van der Waals surface area contributed by atoms with E-state index in [1.807, 2.05) is 12.1 Å². The lowest BCUT2D eigenvalue weighted by Gasteiger charge is -2.20. The van der Waals surface area contributed by atoms with E-state index in [1.54, 1.807) is 0 Å². The highest BCUT2D eigenvalue weighted by Gasteiger charge is 2.21. The second-order valence-electron chi connectivity index (χ2n) is 5.26. The summed E-state index contributed by atoms with van der Waals surface area (Å²) in [6, 6.07) is 12.5. The predicted molar refractivity (Wildman–Crippen MR) is 81.3 cm³/mol. The number of nitrogens with zero attached hydrogens (tertiary/aromatic N) is 2. The van der Waals surface area contributed by atoms with Crippen LogP contribution < -0.4 is 4.90 Å². The zero-order valence-electron chi connectivity index (χ0n) is 11.8. The number of aromatic nitrogens is 1. The van der Waals surface area contributed by atoms with Crippen LogP contribution in [0.5, 0.6) is 0 Å². The third kappa shape index (κ3) is 2.41. The van der Waals surface area contributed by atoms with Gasteiger partial charge >= 0.3 is 0 Å². The molecule has 3 nitrogen and oxygen atoms in total. The smallest absolute Gasteiger partial charge is 0.133 e. The zero-order valence-corrected chi connectivity index (χ0v) is 11.8. The Bertz CT molecular complexity index is 610. The summed E-state index contributed by atoms with van der Waals surface area (Å²) in [7, 11) is 0. The van der Waals surface area contributed by atoms with Gasteiger partial charge in [0.1, 0.15) is 5.82 Å². The van der Waals surface area contributed by atoms with E-state index in [2.05, 4.69) is 36.1 Å². The minimum atomic E-state index is 0.0712. The van der Waals surface area contributed by atoms with Gasteiger partial charge in [0.05, 0.1) is 6.61 Å². The van der Waals surface area contributed by atoms with Crippen molar-refractivity contribution in [3.05, 3.63) is 53.2 Å². The van der Waals surface area contributed by atoms with E-state index in [9.17, 15) is 5.11 Å². The number of pyridine rings is 1. The summed E-state index contributed by atoms with van der Waals surface area (Å²) in [5.41, 5.74) is 4.64. The Hall–Kier alpha value is -1.87. The van der Waals surface area contributed by atoms with Gasteiger partial charge in [-0.3, -0.25) is 0 Å². The van der Waals surface area contributed by atoms with Crippen LogP contribution in [0.3, 0.4) is 0 Å². The van der Waals surface area contributed by atoms with E-state index in [1.165, 1.54) is 11.3 Å². The maximum absolute atomic E-state index is 9.45.